The molecule has 2 fully saturated rings. The van der Waals surface area contributed by atoms with Crippen molar-refractivity contribution in [2.75, 3.05) is 0 Å². The number of ether oxygens (including phenoxy) is 2. The first-order chi connectivity index (χ1) is 8.11. The highest BCUT2D eigenvalue weighted by Crippen LogP contribution is 2.52. The second kappa shape index (κ2) is 3.92. The van der Waals surface area contributed by atoms with Crippen LogP contribution in [0.3, 0.4) is 0 Å². The molecule has 0 bridgehead atoms. The van der Waals surface area contributed by atoms with Gasteiger partial charge in [-0.1, -0.05) is 6.08 Å². The van der Waals surface area contributed by atoms with Crippen molar-refractivity contribution in [1.82, 2.24) is 0 Å². The van der Waals surface area contributed by atoms with Gasteiger partial charge in [0, 0.05) is 6.42 Å². The summed E-state index contributed by atoms with van der Waals surface area (Å²) in [6, 6.07) is 0. The Kier molecular flexibility index (Phi) is 2.64. The Morgan fingerprint density at radius 1 is 1.47 bits per heavy atom. The molecule has 17 heavy (non-hydrogen) atoms. The smallest absolute Gasteiger partial charge is 0.178 e. The quantitative estimate of drug-likeness (QED) is 0.691. The first kappa shape index (κ1) is 11.4. The van der Waals surface area contributed by atoms with Crippen LogP contribution in [0.2, 0.25) is 0 Å². The Morgan fingerprint density at radius 2 is 2.29 bits per heavy atom. The molecule has 1 heterocycles. The van der Waals surface area contributed by atoms with Gasteiger partial charge < -0.3 is 9.47 Å². The van der Waals surface area contributed by atoms with E-state index in [0.717, 1.165) is 25.7 Å². The lowest BCUT2D eigenvalue weighted by Gasteiger charge is -2.29. The highest BCUT2D eigenvalue weighted by atomic mass is 16.7. The summed E-state index contributed by atoms with van der Waals surface area (Å²) >= 11 is 0. The molecule has 0 aromatic carbocycles. The van der Waals surface area contributed by atoms with E-state index in [1.165, 1.54) is 0 Å². The van der Waals surface area contributed by atoms with Crippen LogP contribution in [-0.2, 0) is 14.3 Å². The summed E-state index contributed by atoms with van der Waals surface area (Å²) in [5.41, 5.74) is -0.336. The predicted molar refractivity (Wildman–Crippen MR) is 63.4 cm³/mol. The van der Waals surface area contributed by atoms with Gasteiger partial charge in [-0.25, -0.2) is 0 Å². The number of hydrogen-bond acceptors (Lipinski definition) is 3. The molecule has 1 spiro atoms. The predicted octanol–water partition coefficient (Wildman–Crippen LogP) is 2.45. The van der Waals surface area contributed by atoms with Crippen LogP contribution < -0.4 is 0 Å². The molecule has 0 aromatic rings. The third-order valence-corrected chi connectivity index (χ3v) is 4.29. The van der Waals surface area contributed by atoms with Gasteiger partial charge in [0.2, 0.25) is 0 Å². The molecule has 0 saturated heterocycles. The van der Waals surface area contributed by atoms with E-state index in [1.54, 1.807) is 0 Å². The van der Waals surface area contributed by atoms with E-state index < -0.39 is 0 Å². The minimum absolute atomic E-state index is 0.0968. The molecule has 3 aliphatic rings. The van der Waals surface area contributed by atoms with E-state index in [9.17, 15) is 4.79 Å². The standard InChI is InChI=1S/C14H20O3/c1-9(2)16-12-6-8-14(17-12)7-5-10-3-4-11(15)13(10)14/h6,8-10,12-13H,3-5,7H2,1-2H3/t10-,12?,13+,14+/m1/s1. The Labute approximate surface area is 102 Å². The van der Waals surface area contributed by atoms with Gasteiger partial charge in [0.1, 0.15) is 5.78 Å². The van der Waals surface area contributed by atoms with E-state index >= 15 is 0 Å². The average molecular weight is 236 g/mol. The lowest BCUT2D eigenvalue weighted by atomic mass is 9.87. The van der Waals surface area contributed by atoms with Crippen LogP contribution in [0, 0.1) is 11.8 Å². The molecule has 0 N–H and O–H groups in total. The Morgan fingerprint density at radius 3 is 3.06 bits per heavy atom. The molecule has 1 aliphatic heterocycles. The van der Waals surface area contributed by atoms with E-state index in [-0.39, 0.29) is 23.9 Å². The van der Waals surface area contributed by atoms with Gasteiger partial charge in [0.15, 0.2) is 6.29 Å². The Hall–Kier alpha value is -0.670. The van der Waals surface area contributed by atoms with Crippen molar-refractivity contribution in [3.63, 3.8) is 0 Å². The van der Waals surface area contributed by atoms with Crippen molar-refractivity contribution >= 4 is 5.78 Å². The lowest BCUT2D eigenvalue weighted by molar-refractivity contribution is -0.182. The fourth-order valence-corrected chi connectivity index (χ4v) is 3.66. The van der Waals surface area contributed by atoms with Crippen LogP contribution in [0.4, 0.5) is 0 Å². The summed E-state index contributed by atoms with van der Waals surface area (Å²) < 4.78 is 11.7. The molecule has 0 aromatic heterocycles. The van der Waals surface area contributed by atoms with Crippen LogP contribution in [0.1, 0.15) is 39.5 Å². The fraction of sp³-hybridized carbons (Fsp3) is 0.786. The van der Waals surface area contributed by atoms with Gasteiger partial charge >= 0.3 is 0 Å². The van der Waals surface area contributed by atoms with Crippen molar-refractivity contribution in [2.45, 2.75) is 57.5 Å². The third-order valence-electron chi connectivity index (χ3n) is 4.29. The monoisotopic (exact) mass is 236 g/mol. The van der Waals surface area contributed by atoms with Gasteiger partial charge in [-0.2, -0.15) is 0 Å². The first-order valence-corrected chi connectivity index (χ1v) is 6.66. The summed E-state index contributed by atoms with van der Waals surface area (Å²) in [5, 5.41) is 0. The Balaban J connectivity index is 1.76. The van der Waals surface area contributed by atoms with Gasteiger partial charge in [0.05, 0.1) is 17.6 Å². The summed E-state index contributed by atoms with van der Waals surface area (Å²) in [6.45, 7) is 4.00. The zero-order valence-corrected chi connectivity index (χ0v) is 10.5. The molecule has 4 atom stereocenters. The van der Waals surface area contributed by atoms with Crippen LogP contribution in [0.15, 0.2) is 12.2 Å². The van der Waals surface area contributed by atoms with Gasteiger partial charge in [-0.15, -0.1) is 0 Å². The molecular formula is C14H20O3. The average Bonchev–Trinajstić information content (AvgIpc) is 2.89. The molecule has 94 valence electrons. The molecular weight excluding hydrogens is 216 g/mol. The molecule has 0 amide bonds. The largest absolute Gasteiger partial charge is 0.346 e. The van der Waals surface area contributed by atoms with Gasteiger partial charge in [-0.3, -0.25) is 4.79 Å². The number of carbonyl (C=O) groups is 1. The van der Waals surface area contributed by atoms with E-state index in [1.807, 2.05) is 19.9 Å². The lowest BCUT2D eigenvalue weighted by Crippen LogP contribution is -2.38. The number of Topliss-reactive ketones (excluding diaryl/α,β-unsaturated/α-hetero) is 1. The minimum Gasteiger partial charge on any atom is -0.346 e. The molecule has 3 heteroatoms. The van der Waals surface area contributed by atoms with Crippen molar-refractivity contribution in [3.05, 3.63) is 12.2 Å². The maximum atomic E-state index is 12.0. The normalized spacial score (nSPS) is 44.2. The summed E-state index contributed by atoms with van der Waals surface area (Å²) in [6.07, 6.45) is 7.85. The maximum absolute atomic E-state index is 12.0. The van der Waals surface area contributed by atoms with E-state index in [0.29, 0.717) is 11.7 Å². The highest BCUT2D eigenvalue weighted by molar-refractivity contribution is 5.85. The second-order valence-electron chi connectivity index (χ2n) is 5.77. The first-order valence-electron chi connectivity index (χ1n) is 6.66. The van der Waals surface area contributed by atoms with Crippen molar-refractivity contribution < 1.29 is 14.3 Å². The minimum atomic E-state index is -0.336. The van der Waals surface area contributed by atoms with Crippen molar-refractivity contribution in [3.8, 4) is 0 Å². The van der Waals surface area contributed by atoms with Crippen molar-refractivity contribution in [2.24, 2.45) is 11.8 Å². The number of hydrogen-bond donors (Lipinski definition) is 0. The Bertz CT molecular complexity index is 360. The van der Waals surface area contributed by atoms with E-state index in [4.69, 9.17) is 9.47 Å². The molecule has 0 radical (unpaired) electrons. The second-order valence-corrected chi connectivity index (χ2v) is 5.77. The summed E-state index contributed by atoms with van der Waals surface area (Å²) in [4.78, 5) is 12.0. The molecule has 2 saturated carbocycles. The molecule has 3 nitrogen and oxygen atoms in total. The number of fused-ring (bicyclic) bond motifs is 2. The fourth-order valence-electron chi connectivity index (χ4n) is 3.66. The van der Waals surface area contributed by atoms with Crippen molar-refractivity contribution in [1.29, 1.82) is 0 Å². The van der Waals surface area contributed by atoms with E-state index in [2.05, 4.69) is 6.08 Å². The van der Waals surface area contributed by atoms with Crippen LogP contribution in [-0.4, -0.2) is 23.8 Å². The highest BCUT2D eigenvalue weighted by Gasteiger charge is 2.56. The zero-order chi connectivity index (χ0) is 12.0. The summed E-state index contributed by atoms with van der Waals surface area (Å²) in [7, 11) is 0. The van der Waals surface area contributed by atoms with Crippen LogP contribution in [0.25, 0.3) is 0 Å². The number of ketones is 1. The number of rotatable bonds is 2. The molecule has 1 unspecified atom stereocenters. The van der Waals surface area contributed by atoms with Gasteiger partial charge in [0.25, 0.3) is 0 Å². The maximum Gasteiger partial charge on any atom is 0.178 e. The van der Waals surface area contributed by atoms with Crippen LogP contribution in [0.5, 0.6) is 0 Å². The third kappa shape index (κ3) is 1.76. The topological polar surface area (TPSA) is 35.5 Å². The van der Waals surface area contributed by atoms with Gasteiger partial charge in [-0.05, 0) is 45.1 Å². The SMILES string of the molecule is CC(C)OC1C=C[C@]2(CC[C@H]3CCC(=O)[C@H]32)O1. The molecule has 2 aliphatic carbocycles. The summed E-state index contributed by atoms with van der Waals surface area (Å²) in [5.74, 6) is 1.03. The molecule has 3 rings (SSSR count). The number of carbonyl (C=O) groups excluding carboxylic acids is 1. The van der Waals surface area contributed by atoms with Crippen LogP contribution >= 0.6 is 0 Å². The zero-order valence-electron chi connectivity index (χ0n) is 10.5.